The number of hydrogen-bond acceptors (Lipinski definition) is 3. The molecule has 0 spiro atoms. The van der Waals surface area contributed by atoms with Gasteiger partial charge in [-0.1, -0.05) is 68.9 Å². The van der Waals surface area contributed by atoms with Crippen molar-refractivity contribution < 1.29 is 4.74 Å². The maximum absolute atomic E-state index is 5.60. The highest BCUT2D eigenvalue weighted by Gasteiger charge is 2.32. The topological polar surface area (TPSA) is 24.5 Å². The van der Waals surface area contributed by atoms with Gasteiger partial charge in [0.2, 0.25) is 0 Å². The molecule has 1 aliphatic heterocycles. The van der Waals surface area contributed by atoms with Crippen molar-refractivity contribution in [1.82, 2.24) is 10.2 Å². The van der Waals surface area contributed by atoms with Crippen LogP contribution in [0.25, 0.3) is 0 Å². The number of likely N-dealkylation sites (tertiary alicyclic amines) is 1. The highest BCUT2D eigenvalue weighted by molar-refractivity contribution is 5.20. The van der Waals surface area contributed by atoms with Crippen molar-refractivity contribution in [2.24, 2.45) is 11.8 Å². The average molecular weight is 429 g/mol. The highest BCUT2D eigenvalue weighted by Crippen LogP contribution is 2.37. The van der Waals surface area contributed by atoms with Crippen molar-refractivity contribution in [1.29, 1.82) is 0 Å². The quantitative estimate of drug-likeness (QED) is 0.376. The van der Waals surface area contributed by atoms with Crippen molar-refractivity contribution in [2.45, 2.75) is 89.5 Å². The van der Waals surface area contributed by atoms with Crippen LogP contribution in [-0.4, -0.2) is 50.8 Å². The molecule has 1 heterocycles. The number of ether oxygens (including phenoxy) is 1. The number of rotatable bonds is 13. The third-order valence-electron chi connectivity index (χ3n) is 7.83. The Morgan fingerprint density at radius 3 is 2.58 bits per heavy atom. The number of piperidine rings is 1. The van der Waals surface area contributed by atoms with Crippen LogP contribution in [0.5, 0.6) is 0 Å². The molecule has 3 unspecified atom stereocenters. The fourth-order valence-electron chi connectivity index (χ4n) is 6.19. The van der Waals surface area contributed by atoms with E-state index in [4.69, 9.17) is 4.74 Å². The van der Waals surface area contributed by atoms with Crippen molar-refractivity contribution in [3.8, 4) is 0 Å². The molecular formula is C28H48N2O. The fraction of sp³-hybridized carbons (Fsp3) is 0.786. The standard InChI is InChI=1S/C28H48N2O/c1-3-31-20-11-10-18-28(25-15-8-5-9-16-25)26-17-12-19-30(23-26)27(22-29-2)21-24-13-6-4-7-14-24/h5,8-9,15-16,24,26-29H,3-4,6-7,10-14,17-23H2,1-2H3. The van der Waals surface area contributed by atoms with Crippen LogP contribution in [0, 0.1) is 11.8 Å². The molecule has 0 aromatic heterocycles. The first-order chi connectivity index (χ1) is 15.3. The molecule has 1 aromatic rings. The zero-order valence-corrected chi connectivity index (χ0v) is 20.4. The van der Waals surface area contributed by atoms with Gasteiger partial charge in [0.15, 0.2) is 0 Å². The largest absolute Gasteiger partial charge is 0.382 e. The van der Waals surface area contributed by atoms with Gasteiger partial charge < -0.3 is 10.1 Å². The molecular weight excluding hydrogens is 380 g/mol. The molecule has 31 heavy (non-hydrogen) atoms. The smallest absolute Gasteiger partial charge is 0.0465 e. The Hall–Kier alpha value is -0.900. The Morgan fingerprint density at radius 1 is 1.03 bits per heavy atom. The summed E-state index contributed by atoms with van der Waals surface area (Å²) in [6, 6.07) is 12.1. The van der Waals surface area contributed by atoms with E-state index in [9.17, 15) is 0 Å². The second kappa shape index (κ2) is 14.3. The van der Waals surface area contributed by atoms with E-state index in [1.807, 2.05) is 0 Å². The molecule has 1 aliphatic carbocycles. The van der Waals surface area contributed by atoms with E-state index in [-0.39, 0.29) is 0 Å². The molecule has 1 N–H and O–H groups in total. The summed E-state index contributed by atoms with van der Waals surface area (Å²) in [6.45, 7) is 7.57. The molecule has 1 saturated heterocycles. The van der Waals surface area contributed by atoms with E-state index < -0.39 is 0 Å². The van der Waals surface area contributed by atoms with Gasteiger partial charge in [-0.25, -0.2) is 0 Å². The number of nitrogens with zero attached hydrogens (tertiary/aromatic N) is 1. The number of hydrogen-bond donors (Lipinski definition) is 1. The lowest BCUT2D eigenvalue weighted by atomic mass is 9.77. The summed E-state index contributed by atoms with van der Waals surface area (Å²) in [6.07, 6.45) is 15.2. The minimum atomic E-state index is 0.690. The zero-order valence-electron chi connectivity index (χ0n) is 20.4. The molecule has 2 fully saturated rings. The molecule has 2 aliphatic rings. The van der Waals surface area contributed by atoms with E-state index in [2.05, 4.69) is 54.5 Å². The van der Waals surface area contributed by atoms with Gasteiger partial charge in [-0.05, 0) is 75.9 Å². The number of nitrogens with one attached hydrogen (secondary N) is 1. The Bertz CT molecular complexity index is 572. The van der Waals surface area contributed by atoms with E-state index in [0.29, 0.717) is 12.0 Å². The van der Waals surface area contributed by atoms with Crippen LogP contribution in [0.3, 0.4) is 0 Å². The Labute approximate surface area is 192 Å². The lowest BCUT2D eigenvalue weighted by molar-refractivity contribution is 0.0878. The van der Waals surface area contributed by atoms with Crippen LogP contribution in [0.1, 0.15) is 89.0 Å². The summed E-state index contributed by atoms with van der Waals surface area (Å²) in [5.74, 6) is 2.43. The van der Waals surface area contributed by atoms with E-state index in [1.54, 1.807) is 5.56 Å². The molecule has 176 valence electrons. The van der Waals surface area contributed by atoms with Gasteiger partial charge in [0.1, 0.15) is 0 Å². The van der Waals surface area contributed by atoms with Crippen molar-refractivity contribution in [3.05, 3.63) is 35.9 Å². The Balaban J connectivity index is 1.63. The Kier molecular flexibility index (Phi) is 11.4. The van der Waals surface area contributed by atoms with Gasteiger partial charge in [-0.3, -0.25) is 4.90 Å². The van der Waals surface area contributed by atoms with Crippen LogP contribution in [0.4, 0.5) is 0 Å². The maximum atomic E-state index is 5.60. The lowest BCUT2D eigenvalue weighted by Gasteiger charge is -2.42. The molecule has 0 bridgehead atoms. The molecule has 0 radical (unpaired) electrons. The lowest BCUT2D eigenvalue weighted by Crippen LogP contribution is -2.48. The SMILES string of the molecule is CCOCCCCC(c1ccccc1)C1CCCN(C(CNC)CC2CCCCC2)C1. The van der Waals surface area contributed by atoms with Gasteiger partial charge in [-0.2, -0.15) is 0 Å². The summed E-state index contributed by atoms with van der Waals surface area (Å²) < 4.78 is 5.60. The predicted molar refractivity (Wildman–Crippen MR) is 133 cm³/mol. The first-order valence-electron chi connectivity index (χ1n) is 13.3. The summed E-state index contributed by atoms with van der Waals surface area (Å²) in [5.41, 5.74) is 1.56. The van der Waals surface area contributed by atoms with Crippen LogP contribution >= 0.6 is 0 Å². The molecule has 3 heteroatoms. The van der Waals surface area contributed by atoms with Gasteiger partial charge >= 0.3 is 0 Å². The third-order valence-corrected chi connectivity index (χ3v) is 7.83. The van der Waals surface area contributed by atoms with Crippen molar-refractivity contribution in [3.63, 3.8) is 0 Å². The monoisotopic (exact) mass is 428 g/mol. The summed E-state index contributed by atoms with van der Waals surface area (Å²) in [7, 11) is 2.14. The fourth-order valence-corrected chi connectivity index (χ4v) is 6.19. The van der Waals surface area contributed by atoms with Crippen LogP contribution < -0.4 is 5.32 Å². The van der Waals surface area contributed by atoms with Gasteiger partial charge in [0.05, 0.1) is 0 Å². The van der Waals surface area contributed by atoms with E-state index in [1.165, 1.54) is 83.7 Å². The van der Waals surface area contributed by atoms with E-state index in [0.717, 1.165) is 31.6 Å². The Morgan fingerprint density at radius 2 is 1.84 bits per heavy atom. The normalized spacial score (nSPS) is 23.0. The molecule has 3 nitrogen and oxygen atoms in total. The van der Waals surface area contributed by atoms with Crippen LogP contribution in [0.15, 0.2) is 30.3 Å². The number of unbranched alkanes of at least 4 members (excludes halogenated alkanes) is 1. The van der Waals surface area contributed by atoms with Gasteiger partial charge in [0, 0.05) is 32.3 Å². The van der Waals surface area contributed by atoms with Crippen molar-refractivity contribution >= 4 is 0 Å². The van der Waals surface area contributed by atoms with Crippen LogP contribution in [-0.2, 0) is 4.74 Å². The minimum Gasteiger partial charge on any atom is -0.382 e. The first-order valence-corrected chi connectivity index (χ1v) is 13.3. The molecule has 1 saturated carbocycles. The average Bonchev–Trinajstić information content (AvgIpc) is 2.82. The minimum absolute atomic E-state index is 0.690. The van der Waals surface area contributed by atoms with Crippen molar-refractivity contribution in [2.75, 3.05) is 39.9 Å². The predicted octanol–water partition coefficient (Wildman–Crippen LogP) is 6.25. The third kappa shape index (κ3) is 8.18. The number of benzene rings is 1. The summed E-state index contributed by atoms with van der Waals surface area (Å²) in [5, 5.41) is 3.53. The second-order valence-corrected chi connectivity index (χ2v) is 10.1. The van der Waals surface area contributed by atoms with Gasteiger partial charge in [0.25, 0.3) is 0 Å². The summed E-state index contributed by atoms with van der Waals surface area (Å²) >= 11 is 0. The van der Waals surface area contributed by atoms with Gasteiger partial charge in [-0.15, -0.1) is 0 Å². The molecule has 0 amide bonds. The zero-order chi connectivity index (χ0) is 21.7. The number of likely N-dealkylation sites (N-methyl/N-ethyl adjacent to an activating group) is 1. The molecule has 1 aromatic carbocycles. The van der Waals surface area contributed by atoms with Crippen LogP contribution in [0.2, 0.25) is 0 Å². The molecule has 3 rings (SSSR count). The first kappa shape index (κ1) is 24.7. The highest BCUT2D eigenvalue weighted by atomic mass is 16.5. The molecule has 3 atom stereocenters. The second-order valence-electron chi connectivity index (χ2n) is 10.1. The maximum Gasteiger partial charge on any atom is 0.0465 e. The summed E-state index contributed by atoms with van der Waals surface area (Å²) in [4.78, 5) is 2.87. The van der Waals surface area contributed by atoms with E-state index >= 15 is 0 Å².